The van der Waals surface area contributed by atoms with Gasteiger partial charge in [-0.15, -0.1) is 0 Å². The summed E-state index contributed by atoms with van der Waals surface area (Å²) in [5.74, 6) is -1.73. The van der Waals surface area contributed by atoms with E-state index in [4.69, 9.17) is 9.52 Å². The molecule has 1 heterocycles. The van der Waals surface area contributed by atoms with Gasteiger partial charge in [-0.2, -0.15) is 0 Å². The fourth-order valence-electron chi connectivity index (χ4n) is 1.38. The molecule has 0 radical (unpaired) electrons. The molecule has 2 N–H and O–H groups in total. The molecule has 0 saturated heterocycles. The van der Waals surface area contributed by atoms with Crippen molar-refractivity contribution in [3.63, 3.8) is 0 Å². The Kier molecular flexibility index (Phi) is 3.28. The maximum Gasteiger partial charge on any atom is 0.371 e. The number of furan rings is 1. The van der Waals surface area contributed by atoms with Gasteiger partial charge in [-0.25, -0.2) is 17.9 Å². The topological polar surface area (TPSA) is 96.6 Å². The lowest BCUT2D eigenvalue weighted by Crippen LogP contribution is -2.29. The molecule has 6 nitrogen and oxygen atoms in total. The molecule has 18 heavy (non-hydrogen) atoms. The highest BCUT2D eigenvalue weighted by atomic mass is 79.9. The quantitative estimate of drug-likeness (QED) is 0.854. The van der Waals surface area contributed by atoms with E-state index in [2.05, 4.69) is 20.7 Å². The second-order valence-electron chi connectivity index (χ2n) is 4.69. The molecule has 100 valence electrons. The van der Waals surface area contributed by atoms with Crippen LogP contribution in [0, 0.1) is 5.41 Å². The number of aromatic carboxylic acids is 1. The van der Waals surface area contributed by atoms with Crippen LogP contribution in [-0.2, 0) is 10.0 Å². The van der Waals surface area contributed by atoms with Crippen LogP contribution >= 0.6 is 15.9 Å². The van der Waals surface area contributed by atoms with Crippen LogP contribution in [0.15, 0.2) is 20.0 Å². The van der Waals surface area contributed by atoms with Gasteiger partial charge in [0.15, 0.2) is 4.67 Å². The minimum Gasteiger partial charge on any atom is -0.475 e. The number of hydrogen-bond donors (Lipinski definition) is 2. The molecule has 1 aromatic heterocycles. The Morgan fingerprint density at radius 2 is 2.22 bits per heavy atom. The van der Waals surface area contributed by atoms with Crippen LogP contribution in [0.2, 0.25) is 0 Å². The monoisotopic (exact) mass is 337 g/mol. The highest BCUT2D eigenvalue weighted by Crippen LogP contribution is 2.44. The maximum absolute atomic E-state index is 12.0. The van der Waals surface area contributed by atoms with Gasteiger partial charge in [0.1, 0.15) is 4.90 Å². The lowest BCUT2D eigenvalue weighted by molar-refractivity contribution is 0.0661. The summed E-state index contributed by atoms with van der Waals surface area (Å²) in [6.45, 7) is 2.33. The van der Waals surface area contributed by atoms with E-state index in [1.807, 2.05) is 6.92 Å². The van der Waals surface area contributed by atoms with Crippen LogP contribution in [0.4, 0.5) is 0 Å². The first-order valence-electron chi connectivity index (χ1n) is 5.26. The lowest BCUT2D eigenvalue weighted by atomic mass is 10.2. The van der Waals surface area contributed by atoms with E-state index in [0.29, 0.717) is 6.54 Å². The smallest absolute Gasteiger partial charge is 0.371 e. The number of rotatable bonds is 5. The highest BCUT2D eigenvalue weighted by Gasteiger charge is 2.38. The van der Waals surface area contributed by atoms with E-state index in [9.17, 15) is 13.2 Å². The molecule has 0 unspecified atom stereocenters. The van der Waals surface area contributed by atoms with Crippen LogP contribution in [0.1, 0.15) is 30.3 Å². The Morgan fingerprint density at radius 1 is 1.61 bits per heavy atom. The van der Waals surface area contributed by atoms with E-state index in [-0.39, 0.29) is 15.0 Å². The third-order valence-corrected chi connectivity index (χ3v) is 5.21. The van der Waals surface area contributed by atoms with Crippen molar-refractivity contribution in [2.75, 3.05) is 6.54 Å². The fourth-order valence-corrected chi connectivity index (χ4v) is 3.52. The number of carbonyl (C=O) groups is 1. The van der Waals surface area contributed by atoms with Crippen LogP contribution in [0.25, 0.3) is 0 Å². The second kappa shape index (κ2) is 4.36. The molecule has 1 aliphatic carbocycles. The summed E-state index contributed by atoms with van der Waals surface area (Å²) in [6.07, 6.45) is 1.98. The third kappa shape index (κ3) is 2.76. The van der Waals surface area contributed by atoms with Gasteiger partial charge in [0.2, 0.25) is 15.8 Å². The van der Waals surface area contributed by atoms with Crippen molar-refractivity contribution >= 4 is 31.9 Å². The predicted octanol–water partition coefficient (Wildman–Crippen LogP) is 1.82. The molecule has 0 aliphatic heterocycles. The molecule has 1 fully saturated rings. The van der Waals surface area contributed by atoms with Crippen molar-refractivity contribution < 1.29 is 22.7 Å². The molecule has 8 heteroatoms. The largest absolute Gasteiger partial charge is 0.475 e. The first-order valence-corrected chi connectivity index (χ1v) is 7.53. The summed E-state index contributed by atoms with van der Waals surface area (Å²) in [6, 6.07) is 0.990. The summed E-state index contributed by atoms with van der Waals surface area (Å²) in [7, 11) is -3.75. The zero-order chi connectivity index (χ0) is 13.6. The number of carboxylic acids is 1. The summed E-state index contributed by atoms with van der Waals surface area (Å²) in [5, 5.41) is 8.73. The Morgan fingerprint density at radius 3 is 2.67 bits per heavy atom. The number of carboxylic acid groups (broad SMARTS) is 1. The molecule has 1 aliphatic rings. The molecule has 0 spiro atoms. The van der Waals surface area contributed by atoms with Crippen molar-refractivity contribution in [2.24, 2.45) is 5.41 Å². The van der Waals surface area contributed by atoms with Crippen molar-refractivity contribution in [1.82, 2.24) is 4.72 Å². The van der Waals surface area contributed by atoms with E-state index < -0.39 is 21.8 Å². The van der Waals surface area contributed by atoms with Crippen LogP contribution in [0.5, 0.6) is 0 Å². The molecular formula is C10H12BrNO5S. The maximum atomic E-state index is 12.0. The van der Waals surface area contributed by atoms with Gasteiger partial charge >= 0.3 is 5.97 Å². The van der Waals surface area contributed by atoms with Crippen molar-refractivity contribution in [3.8, 4) is 0 Å². The Balaban J connectivity index is 2.20. The lowest BCUT2D eigenvalue weighted by Gasteiger charge is -2.09. The molecule has 0 amide bonds. The Hall–Kier alpha value is -0.860. The number of hydrogen-bond acceptors (Lipinski definition) is 4. The van der Waals surface area contributed by atoms with Gasteiger partial charge in [-0.05, 0) is 34.2 Å². The van der Waals surface area contributed by atoms with Gasteiger partial charge in [0, 0.05) is 12.6 Å². The molecule has 1 saturated carbocycles. The fraction of sp³-hybridized carbons (Fsp3) is 0.500. The zero-order valence-electron chi connectivity index (χ0n) is 9.57. The predicted molar refractivity (Wildman–Crippen MR) is 65.9 cm³/mol. The molecule has 0 atom stereocenters. The number of sulfonamides is 1. The average Bonchev–Trinajstić information content (AvgIpc) is 2.85. The molecule has 1 aromatic rings. The first-order chi connectivity index (χ1) is 8.23. The second-order valence-corrected chi connectivity index (χ2v) is 7.14. The molecule has 0 bridgehead atoms. The number of nitrogens with one attached hydrogen (secondary N) is 1. The van der Waals surface area contributed by atoms with E-state index in [1.165, 1.54) is 0 Å². The summed E-state index contributed by atoms with van der Waals surface area (Å²) >= 11 is 2.91. The Labute approximate surface area is 113 Å². The minimum absolute atomic E-state index is 0.0267. The first kappa shape index (κ1) is 13.6. The van der Waals surface area contributed by atoms with E-state index in [1.54, 1.807) is 0 Å². The van der Waals surface area contributed by atoms with Crippen molar-refractivity contribution in [2.45, 2.75) is 24.7 Å². The van der Waals surface area contributed by atoms with Crippen molar-refractivity contribution in [3.05, 3.63) is 16.5 Å². The van der Waals surface area contributed by atoms with Gasteiger partial charge in [-0.3, -0.25) is 0 Å². The molecule has 0 aromatic carbocycles. The summed E-state index contributed by atoms with van der Waals surface area (Å²) < 4.78 is 31.1. The standard InChI is InChI=1S/C10H12BrNO5S/c1-10(2-3-10)5-12-18(15,16)7-4-6(9(13)14)17-8(7)11/h4,12H,2-3,5H2,1H3,(H,13,14). The van der Waals surface area contributed by atoms with Gasteiger partial charge in [0.25, 0.3) is 0 Å². The van der Waals surface area contributed by atoms with E-state index >= 15 is 0 Å². The van der Waals surface area contributed by atoms with E-state index in [0.717, 1.165) is 18.9 Å². The summed E-state index contributed by atoms with van der Waals surface area (Å²) in [5.41, 5.74) is 0.0267. The highest BCUT2D eigenvalue weighted by molar-refractivity contribution is 9.10. The average molecular weight is 338 g/mol. The molecule has 2 rings (SSSR count). The van der Waals surface area contributed by atoms with Crippen LogP contribution in [0.3, 0.4) is 0 Å². The molecular weight excluding hydrogens is 326 g/mol. The third-order valence-electron chi connectivity index (χ3n) is 2.95. The van der Waals surface area contributed by atoms with Crippen molar-refractivity contribution in [1.29, 1.82) is 0 Å². The van der Waals surface area contributed by atoms with Gasteiger partial charge < -0.3 is 9.52 Å². The van der Waals surface area contributed by atoms with Crippen LogP contribution < -0.4 is 4.72 Å². The zero-order valence-corrected chi connectivity index (χ0v) is 12.0. The SMILES string of the molecule is CC1(CNS(=O)(=O)c2cc(C(=O)O)oc2Br)CC1. The summed E-state index contributed by atoms with van der Waals surface area (Å²) in [4.78, 5) is 10.5. The minimum atomic E-state index is -3.75. The van der Waals surface area contributed by atoms with Gasteiger partial charge in [-0.1, -0.05) is 6.92 Å². The Bertz CT molecular complexity index is 587. The van der Waals surface area contributed by atoms with Gasteiger partial charge in [0.05, 0.1) is 0 Å². The number of halogens is 1. The normalized spacial score (nSPS) is 17.7. The van der Waals surface area contributed by atoms with Crippen LogP contribution in [-0.4, -0.2) is 26.0 Å².